The van der Waals surface area contributed by atoms with Crippen LogP contribution >= 0.6 is 11.3 Å². The Bertz CT molecular complexity index is 623. The smallest absolute Gasteiger partial charge is 0.416 e. The summed E-state index contributed by atoms with van der Waals surface area (Å²) in [5, 5.41) is 4.75. The number of thiazole rings is 1. The number of nitrogens with zero attached hydrogens (tertiary/aromatic N) is 1. The summed E-state index contributed by atoms with van der Waals surface area (Å²) >= 11 is 1.16. The first-order valence-corrected chi connectivity index (χ1v) is 6.85. The second-order valence-corrected chi connectivity index (χ2v) is 4.82. The molecule has 1 aromatic carbocycles. The van der Waals surface area contributed by atoms with Crippen molar-refractivity contribution in [3.63, 3.8) is 0 Å². The van der Waals surface area contributed by atoms with Crippen LogP contribution in [0.3, 0.4) is 0 Å². The molecule has 8 heteroatoms. The first-order valence-electron chi connectivity index (χ1n) is 5.97. The van der Waals surface area contributed by atoms with E-state index < -0.39 is 17.7 Å². The summed E-state index contributed by atoms with van der Waals surface area (Å²) in [6.07, 6.45) is -4.36. The van der Waals surface area contributed by atoms with Crippen LogP contribution in [0.2, 0.25) is 0 Å². The number of benzene rings is 1. The molecule has 0 saturated carbocycles. The highest BCUT2D eigenvalue weighted by Crippen LogP contribution is 2.30. The maximum Gasteiger partial charge on any atom is 0.416 e. The van der Waals surface area contributed by atoms with Crippen molar-refractivity contribution in [2.24, 2.45) is 0 Å². The summed E-state index contributed by atoms with van der Waals surface area (Å²) in [6.45, 7) is 1.93. The number of carbonyl (C=O) groups excluding carboxylic acids is 1. The van der Waals surface area contributed by atoms with E-state index in [0.29, 0.717) is 10.8 Å². The number of hydrogen-bond donors (Lipinski definition) is 1. The van der Waals surface area contributed by atoms with Crippen LogP contribution in [0.15, 0.2) is 29.6 Å². The van der Waals surface area contributed by atoms with Crippen LogP contribution in [-0.2, 0) is 10.9 Å². The van der Waals surface area contributed by atoms with Crippen LogP contribution in [-0.4, -0.2) is 17.6 Å². The summed E-state index contributed by atoms with van der Waals surface area (Å²) in [5.41, 5.74) is -0.108. The van der Waals surface area contributed by atoms with E-state index in [1.165, 1.54) is 17.5 Å². The molecule has 0 amide bonds. The van der Waals surface area contributed by atoms with E-state index in [0.717, 1.165) is 23.5 Å². The van der Waals surface area contributed by atoms with Gasteiger partial charge >= 0.3 is 12.1 Å². The van der Waals surface area contributed by atoms with Crippen LogP contribution in [0.25, 0.3) is 0 Å². The highest BCUT2D eigenvalue weighted by molar-refractivity contribution is 7.14. The lowest BCUT2D eigenvalue weighted by molar-refractivity contribution is -0.137. The Morgan fingerprint density at radius 2 is 2.00 bits per heavy atom. The predicted octanol–water partition coefficient (Wildman–Crippen LogP) is 4.08. The zero-order valence-electron chi connectivity index (χ0n) is 10.9. The molecule has 4 nitrogen and oxygen atoms in total. The fraction of sp³-hybridized carbons (Fsp3) is 0.231. The van der Waals surface area contributed by atoms with Gasteiger partial charge in [0.15, 0.2) is 10.8 Å². The van der Waals surface area contributed by atoms with Crippen molar-refractivity contribution in [2.45, 2.75) is 13.1 Å². The summed E-state index contributed by atoms with van der Waals surface area (Å²) < 4.78 is 42.1. The van der Waals surface area contributed by atoms with Gasteiger partial charge in [0.05, 0.1) is 12.2 Å². The molecule has 21 heavy (non-hydrogen) atoms. The molecule has 112 valence electrons. The lowest BCUT2D eigenvalue weighted by Gasteiger charge is -2.07. The first kappa shape index (κ1) is 15.3. The topological polar surface area (TPSA) is 51.2 Å². The summed E-state index contributed by atoms with van der Waals surface area (Å²) in [5.74, 6) is -0.533. The Labute approximate surface area is 122 Å². The Hall–Kier alpha value is -2.09. The largest absolute Gasteiger partial charge is 0.461 e. The van der Waals surface area contributed by atoms with Crippen molar-refractivity contribution in [1.82, 2.24) is 4.98 Å². The zero-order chi connectivity index (χ0) is 15.5. The van der Waals surface area contributed by atoms with E-state index in [-0.39, 0.29) is 12.3 Å². The van der Waals surface area contributed by atoms with Crippen LogP contribution in [0.5, 0.6) is 0 Å². The van der Waals surface area contributed by atoms with Crippen molar-refractivity contribution < 1.29 is 22.7 Å². The van der Waals surface area contributed by atoms with Crippen LogP contribution in [0.1, 0.15) is 23.0 Å². The molecule has 2 aromatic rings. The SMILES string of the molecule is CCOC(=O)c1csc(Nc2ccc(C(F)(F)F)cc2)n1. The molecule has 2 rings (SSSR count). The molecule has 0 unspecified atom stereocenters. The molecule has 1 heterocycles. The van der Waals surface area contributed by atoms with Crippen LogP contribution in [0.4, 0.5) is 24.0 Å². The van der Waals surface area contributed by atoms with Crippen molar-refractivity contribution in [2.75, 3.05) is 11.9 Å². The number of carbonyl (C=O) groups is 1. The molecule has 0 aliphatic carbocycles. The van der Waals surface area contributed by atoms with Gasteiger partial charge in [0.25, 0.3) is 0 Å². The third-order valence-corrected chi connectivity index (χ3v) is 3.21. The quantitative estimate of drug-likeness (QED) is 0.864. The zero-order valence-corrected chi connectivity index (χ0v) is 11.7. The third-order valence-electron chi connectivity index (χ3n) is 2.45. The molecule has 0 spiro atoms. The molecule has 0 bridgehead atoms. The Kier molecular flexibility index (Phi) is 4.46. The summed E-state index contributed by atoms with van der Waals surface area (Å²) in [4.78, 5) is 15.4. The standard InChI is InChI=1S/C13H11F3N2O2S/c1-2-20-11(19)10-7-21-12(18-10)17-9-5-3-8(4-6-9)13(14,15)16/h3-7H,2H2,1H3,(H,17,18). The van der Waals surface area contributed by atoms with Gasteiger partial charge in [0.1, 0.15) is 0 Å². The van der Waals surface area contributed by atoms with E-state index in [2.05, 4.69) is 10.3 Å². The minimum absolute atomic E-state index is 0.163. The van der Waals surface area contributed by atoms with Gasteiger partial charge in [0.2, 0.25) is 0 Å². The van der Waals surface area contributed by atoms with E-state index in [9.17, 15) is 18.0 Å². The number of alkyl halides is 3. The second kappa shape index (κ2) is 6.13. The van der Waals surface area contributed by atoms with Gasteiger partial charge in [-0.25, -0.2) is 9.78 Å². The van der Waals surface area contributed by atoms with Gasteiger partial charge in [-0.2, -0.15) is 13.2 Å². The minimum Gasteiger partial charge on any atom is -0.461 e. The molecule has 0 fully saturated rings. The lowest BCUT2D eigenvalue weighted by Crippen LogP contribution is -2.05. The average Bonchev–Trinajstić information content (AvgIpc) is 2.87. The Morgan fingerprint density at radius 1 is 1.33 bits per heavy atom. The fourth-order valence-corrected chi connectivity index (χ4v) is 2.20. The summed E-state index contributed by atoms with van der Waals surface area (Å²) in [7, 11) is 0. The molecular weight excluding hydrogens is 305 g/mol. The third kappa shape index (κ3) is 3.94. The van der Waals surface area contributed by atoms with Gasteiger partial charge in [0, 0.05) is 11.1 Å². The molecule has 0 aliphatic heterocycles. The van der Waals surface area contributed by atoms with Gasteiger partial charge in [-0.1, -0.05) is 0 Å². The summed E-state index contributed by atoms with van der Waals surface area (Å²) in [6, 6.07) is 4.55. The van der Waals surface area contributed by atoms with Gasteiger partial charge in [-0.15, -0.1) is 11.3 Å². The normalized spacial score (nSPS) is 11.2. The molecule has 0 atom stereocenters. The number of anilines is 2. The first-order chi connectivity index (χ1) is 9.90. The van der Waals surface area contributed by atoms with Crippen molar-refractivity contribution >= 4 is 28.1 Å². The molecule has 0 saturated heterocycles. The van der Waals surface area contributed by atoms with Crippen molar-refractivity contribution in [3.8, 4) is 0 Å². The second-order valence-electron chi connectivity index (χ2n) is 3.96. The number of hydrogen-bond acceptors (Lipinski definition) is 5. The number of aromatic nitrogens is 1. The van der Waals surface area contributed by atoms with Crippen molar-refractivity contribution in [3.05, 3.63) is 40.9 Å². The average molecular weight is 316 g/mol. The van der Waals surface area contributed by atoms with E-state index in [4.69, 9.17) is 4.74 Å². The van der Waals surface area contributed by atoms with Gasteiger partial charge in [-0.3, -0.25) is 0 Å². The highest BCUT2D eigenvalue weighted by Gasteiger charge is 2.29. The maximum absolute atomic E-state index is 12.4. The number of halogens is 3. The van der Waals surface area contributed by atoms with E-state index >= 15 is 0 Å². The lowest BCUT2D eigenvalue weighted by atomic mass is 10.2. The number of ether oxygens (including phenoxy) is 1. The van der Waals surface area contributed by atoms with E-state index in [1.807, 2.05) is 0 Å². The molecule has 0 radical (unpaired) electrons. The van der Waals surface area contributed by atoms with Crippen LogP contribution in [0, 0.1) is 0 Å². The molecule has 1 N–H and O–H groups in total. The monoisotopic (exact) mass is 316 g/mol. The number of nitrogens with one attached hydrogen (secondary N) is 1. The van der Waals surface area contributed by atoms with Crippen LogP contribution < -0.4 is 5.32 Å². The molecule has 0 aliphatic rings. The Morgan fingerprint density at radius 3 is 2.57 bits per heavy atom. The maximum atomic E-state index is 12.4. The minimum atomic E-state index is -4.36. The van der Waals surface area contributed by atoms with Gasteiger partial charge in [-0.05, 0) is 31.2 Å². The Balaban J connectivity index is 2.07. The number of esters is 1. The highest BCUT2D eigenvalue weighted by atomic mass is 32.1. The van der Waals surface area contributed by atoms with Crippen molar-refractivity contribution in [1.29, 1.82) is 0 Å². The molecular formula is C13H11F3N2O2S. The van der Waals surface area contributed by atoms with E-state index in [1.54, 1.807) is 6.92 Å². The van der Waals surface area contributed by atoms with Gasteiger partial charge < -0.3 is 10.1 Å². The number of rotatable bonds is 4. The predicted molar refractivity (Wildman–Crippen MR) is 72.8 cm³/mol. The fourth-order valence-electron chi connectivity index (χ4n) is 1.50. The molecule has 1 aromatic heterocycles.